The lowest BCUT2D eigenvalue weighted by Crippen LogP contribution is -2.34. The Morgan fingerprint density at radius 1 is 1.36 bits per heavy atom. The molecule has 7 nitrogen and oxygen atoms in total. The normalized spacial score (nSPS) is 18.4. The highest BCUT2D eigenvalue weighted by Crippen LogP contribution is 2.31. The molecule has 0 radical (unpaired) electrons. The van der Waals surface area contributed by atoms with Gasteiger partial charge in [0.1, 0.15) is 5.65 Å². The highest BCUT2D eigenvalue weighted by atomic mass is 16.3. The second kappa shape index (κ2) is 6.91. The molecule has 2 aromatic heterocycles. The van der Waals surface area contributed by atoms with E-state index in [0.717, 1.165) is 27.8 Å². The molecule has 4 rings (SSSR count). The number of nitrogens with zero attached hydrogens (tertiary/aromatic N) is 2. The molecule has 0 fully saturated rings. The van der Waals surface area contributed by atoms with Gasteiger partial charge in [-0.1, -0.05) is 24.3 Å². The van der Waals surface area contributed by atoms with Gasteiger partial charge < -0.3 is 15.4 Å². The van der Waals surface area contributed by atoms with Crippen molar-refractivity contribution >= 4 is 16.9 Å². The van der Waals surface area contributed by atoms with E-state index < -0.39 is 12.1 Å². The molecule has 7 heteroatoms. The third kappa shape index (κ3) is 3.01. The number of benzene rings is 1. The summed E-state index contributed by atoms with van der Waals surface area (Å²) in [6.07, 6.45) is 0.430. The number of hydrogen-bond donors (Lipinski definition) is 3. The Bertz CT molecular complexity index is 1130. The Kier molecular flexibility index (Phi) is 4.55. The molecule has 1 aliphatic carbocycles. The SMILES string of the molecule is Cc1nn(C)c2[nH]c(=O)c(CCC(=O)N[C@H]3c4ccccc4C[C@H]3O)c(C)c12. The topological polar surface area (TPSA) is 100 Å². The summed E-state index contributed by atoms with van der Waals surface area (Å²) < 4.78 is 1.66. The van der Waals surface area contributed by atoms with Crippen LogP contribution in [0, 0.1) is 13.8 Å². The Morgan fingerprint density at radius 2 is 2.11 bits per heavy atom. The number of aromatic nitrogens is 3. The van der Waals surface area contributed by atoms with Crippen LogP contribution >= 0.6 is 0 Å². The number of amides is 1. The third-order valence-corrected chi connectivity index (χ3v) is 5.68. The zero-order valence-corrected chi connectivity index (χ0v) is 16.2. The van der Waals surface area contributed by atoms with Crippen LogP contribution in [-0.2, 0) is 24.7 Å². The number of carbonyl (C=O) groups excluding carboxylic acids is 1. The van der Waals surface area contributed by atoms with Gasteiger partial charge in [0.25, 0.3) is 5.56 Å². The average molecular weight is 380 g/mol. The predicted octanol–water partition coefficient (Wildman–Crippen LogP) is 1.59. The maximum absolute atomic E-state index is 12.5. The first-order valence-corrected chi connectivity index (χ1v) is 9.47. The van der Waals surface area contributed by atoms with E-state index in [1.165, 1.54) is 0 Å². The quantitative estimate of drug-likeness (QED) is 0.640. The fourth-order valence-corrected chi connectivity index (χ4v) is 4.29. The molecule has 28 heavy (non-hydrogen) atoms. The summed E-state index contributed by atoms with van der Waals surface area (Å²) in [5.74, 6) is -0.178. The molecule has 3 N–H and O–H groups in total. The number of aliphatic hydroxyl groups is 1. The first-order chi connectivity index (χ1) is 13.4. The summed E-state index contributed by atoms with van der Waals surface area (Å²) in [6.45, 7) is 3.81. The fraction of sp³-hybridized carbons (Fsp3) is 0.381. The van der Waals surface area contributed by atoms with Gasteiger partial charge in [0.15, 0.2) is 0 Å². The second-order valence-electron chi connectivity index (χ2n) is 7.51. The summed E-state index contributed by atoms with van der Waals surface area (Å²) >= 11 is 0. The lowest BCUT2D eigenvalue weighted by Gasteiger charge is -2.18. The van der Waals surface area contributed by atoms with Gasteiger partial charge in [-0.05, 0) is 37.0 Å². The Morgan fingerprint density at radius 3 is 2.89 bits per heavy atom. The summed E-state index contributed by atoms with van der Waals surface area (Å²) in [6, 6.07) is 7.35. The molecule has 0 spiro atoms. The summed E-state index contributed by atoms with van der Waals surface area (Å²) in [7, 11) is 1.79. The maximum atomic E-state index is 12.5. The third-order valence-electron chi connectivity index (χ3n) is 5.68. The summed E-state index contributed by atoms with van der Waals surface area (Å²) in [5.41, 5.74) is 4.85. The van der Waals surface area contributed by atoms with E-state index in [-0.39, 0.29) is 17.9 Å². The molecule has 0 aliphatic heterocycles. The summed E-state index contributed by atoms with van der Waals surface area (Å²) in [4.78, 5) is 27.9. The molecular weight excluding hydrogens is 356 g/mol. The number of fused-ring (bicyclic) bond motifs is 2. The van der Waals surface area contributed by atoms with Crippen LogP contribution in [0.4, 0.5) is 0 Å². The van der Waals surface area contributed by atoms with E-state index in [9.17, 15) is 14.7 Å². The minimum Gasteiger partial charge on any atom is -0.390 e. The van der Waals surface area contributed by atoms with Crippen LogP contribution in [-0.4, -0.2) is 31.9 Å². The van der Waals surface area contributed by atoms with Crippen LogP contribution in [0.2, 0.25) is 0 Å². The molecule has 0 saturated carbocycles. The first kappa shape index (κ1) is 18.4. The predicted molar refractivity (Wildman–Crippen MR) is 106 cm³/mol. The van der Waals surface area contributed by atoms with Gasteiger partial charge >= 0.3 is 0 Å². The fourth-order valence-electron chi connectivity index (χ4n) is 4.29. The van der Waals surface area contributed by atoms with E-state index in [4.69, 9.17) is 0 Å². The smallest absolute Gasteiger partial charge is 0.253 e. The monoisotopic (exact) mass is 380 g/mol. The Balaban J connectivity index is 1.52. The standard InChI is InChI=1S/C21H24N4O3/c1-11-14(21(28)23-20-18(11)12(2)24-25(20)3)8-9-17(27)22-19-15-7-5-4-6-13(15)10-16(19)26/h4-7,16,19,26H,8-10H2,1-3H3,(H,22,27)(H,23,28)/t16-,19+/m1/s1. The van der Waals surface area contributed by atoms with Crippen molar-refractivity contribution in [1.82, 2.24) is 20.1 Å². The van der Waals surface area contributed by atoms with Crippen molar-refractivity contribution in [2.24, 2.45) is 7.05 Å². The number of aromatic amines is 1. The zero-order chi connectivity index (χ0) is 20.0. The zero-order valence-electron chi connectivity index (χ0n) is 16.2. The number of rotatable bonds is 4. The van der Waals surface area contributed by atoms with E-state index in [0.29, 0.717) is 24.1 Å². The number of H-pyrrole nitrogens is 1. The van der Waals surface area contributed by atoms with E-state index in [1.807, 2.05) is 38.1 Å². The number of carbonyl (C=O) groups is 1. The van der Waals surface area contributed by atoms with E-state index in [1.54, 1.807) is 11.7 Å². The second-order valence-corrected chi connectivity index (χ2v) is 7.51. The van der Waals surface area contributed by atoms with Crippen molar-refractivity contribution in [3.05, 3.63) is 62.6 Å². The molecule has 2 heterocycles. The van der Waals surface area contributed by atoms with Gasteiger partial charge in [-0.2, -0.15) is 5.10 Å². The van der Waals surface area contributed by atoms with Crippen molar-refractivity contribution < 1.29 is 9.90 Å². The molecular formula is C21H24N4O3. The van der Waals surface area contributed by atoms with Crippen LogP contribution in [0.3, 0.4) is 0 Å². The highest BCUT2D eigenvalue weighted by Gasteiger charge is 2.31. The Labute approximate surface area is 162 Å². The lowest BCUT2D eigenvalue weighted by molar-refractivity contribution is -0.122. The van der Waals surface area contributed by atoms with Crippen molar-refractivity contribution in [2.75, 3.05) is 0 Å². The maximum Gasteiger partial charge on any atom is 0.253 e. The number of aryl methyl sites for hydroxylation is 3. The number of pyridine rings is 1. The number of nitrogens with one attached hydrogen (secondary N) is 2. The van der Waals surface area contributed by atoms with Gasteiger partial charge in [0.05, 0.1) is 17.8 Å². The minimum atomic E-state index is -0.624. The van der Waals surface area contributed by atoms with Gasteiger partial charge in [-0.15, -0.1) is 0 Å². The number of hydrogen-bond acceptors (Lipinski definition) is 4. The molecule has 1 aliphatic rings. The molecule has 3 aromatic rings. The van der Waals surface area contributed by atoms with Gasteiger partial charge in [0, 0.05) is 30.8 Å². The molecule has 0 bridgehead atoms. The van der Waals surface area contributed by atoms with Crippen molar-refractivity contribution in [1.29, 1.82) is 0 Å². The highest BCUT2D eigenvalue weighted by molar-refractivity contribution is 5.83. The van der Waals surface area contributed by atoms with Crippen molar-refractivity contribution in [3.8, 4) is 0 Å². The van der Waals surface area contributed by atoms with Crippen LogP contribution in [0.1, 0.15) is 40.4 Å². The van der Waals surface area contributed by atoms with Crippen molar-refractivity contribution in [3.63, 3.8) is 0 Å². The average Bonchev–Trinajstić information content (AvgIpc) is 3.11. The molecule has 0 unspecified atom stereocenters. The summed E-state index contributed by atoms with van der Waals surface area (Å²) in [5, 5.41) is 18.5. The number of aliphatic hydroxyl groups excluding tert-OH is 1. The molecule has 0 saturated heterocycles. The molecule has 146 valence electrons. The van der Waals surface area contributed by atoms with Crippen LogP contribution in [0.5, 0.6) is 0 Å². The van der Waals surface area contributed by atoms with Crippen LogP contribution < -0.4 is 10.9 Å². The largest absolute Gasteiger partial charge is 0.390 e. The van der Waals surface area contributed by atoms with Crippen LogP contribution in [0.15, 0.2) is 29.1 Å². The van der Waals surface area contributed by atoms with E-state index >= 15 is 0 Å². The van der Waals surface area contributed by atoms with E-state index in [2.05, 4.69) is 15.4 Å². The molecule has 1 amide bonds. The first-order valence-electron chi connectivity index (χ1n) is 9.47. The van der Waals surface area contributed by atoms with Crippen molar-refractivity contribution in [2.45, 2.75) is 45.3 Å². The van der Waals surface area contributed by atoms with Gasteiger partial charge in [-0.3, -0.25) is 14.3 Å². The molecule has 1 aromatic carbocycles. The Hall–Kier alpha value is -2.93. The molecule has 2 atom stereocenters. The van der Waals surface area contributed by atoms with Gasteiger partial charge in [-0.25, -0.2) is 0 Å². The van der Waals surface area contributed by atoms with Gasteiger partial charge in [0.2, 0.25) is 5.91 Å². The lowest BCUT2D eigenvalue weighted by atomic mass is 10.0. The minimum absolute atomic E-state index is 0.178. The van der Waals surface area contributed by atoms with Crippen LogP contribution in [0.25, 0.3) is 11.0 Å².